The number of H-pyrrole nitrogens is 1. The predicted molar refractivity (Wildman–Crippen MR) is 120 cm³/mol. The number of thioether (sulfide) groups is 1. The molecule has 4 aromatic rings. The average molecular weight is 434 g/mol. The molecule has 0 bridgehead atoms. The molecule has 7 nitrogen and oxygen atoms in total. The summed E-state index contributed by atoms with van der Waals surface area (Å²) in [5, 5.41) is 12.4. The SMILES string of the molecule is O=c1[nH]nc(SCc2cn(-c3ccccc3)nc2-c2ccccc2)n1CC1CCCO1. The summed E-state index contributed by atoms with van der Waals surface area (Å²) in [6.07, 6.45) is 4.15. The summed E-state index contributed by atoms with van der Waals surface area (Å²) < 4.78 is 9.29. The molecule has 2 aromatic heterocycles. The van der Waals surface area contributed by atoms with Gasteiger partial charge < -0.3 is 4.74 Å². The third kappa shape index (κ3) is 4.35. The normalized spacial score (nSPS) is 16.1. The van der Waals surface area contributed by atoms with Crippen LogP contribution in [0.15, 0.2) is 76.8 Å². The average Bonchev–Trinajstić information content (AvgIpc) is 3.56. The first-order valence-electron chi connectivity index (χ1n) is 10.4. The van der Waals surface area contributed by atoms with E-state index >= 15 is 0 Å². The zero-order chi connectivity index (χ0) is 21.0. The highest BCUT2D eigenvalue weighted by molar-refractivity contribution is 7.98. The summed E-state index contributed by atoms with van der Waals surface area (Å²) >= 11 is 1.53. The Kier molecular flexibility index (Phi) is 5.73. The molecule has 1 aliphatic rings. The highest BCUT2D eigenvalue weighted by Crippen LogP contribution is 2.29. The lowest BCUT2D eigenvalue weighted by Gasteiger charge is -2.11. The highest BCUT2D eigenvalue weighted by Gasteiger charge is 2.20. The van der Waals surface area contributed by atoms with Crippen molar-refractivity contribution in [2.24, 2.45) is 0 Å². The van der Waals surface area contributed by atoms with Gasteiger partial charge in [0.2, 0.25) is 0 Å². The van der Waals surface area contributed by atoms with Gasteiger partial charge in [-0.15, -0.1) is 5.10 Å². The molecule has 0 aliphatic carbocycles. The molecule has 2 aromatic carbocycles. The van der Waals surface area contributed by atoms with E-state index in [1.54, 1.807) is 4.57 Å². The fourth-order valence-corrected chi connectivity index (χ4v) is 4.70. The highest BCUT2D eigenvalue weighted by atomic mass is 32.2. The smallest absolute Gasteiger partial charge is 0.344 e. The Morgan fingerprint density at radius 1 is 1.10 bits per heavy atom. The number of aromatic amines is 1. The van der Waals surface area contributed by atoms with Gasteiger partial charge in [0.25, 0.3) is 0 Å². The quantitative estimate of drug-likeness (QED) is 0.447. The van der Waals surface area contributed by atoms with Crippen molar-refractivity contribution in [2.45, 2.75) is 36.4 Å². The lowest BCUT2D eigenvalue weighted by Crippen LogP contribution is -2.24. The van der Waals surface area contributed by atoms with Crippen molar-refractivity contribution >= 4 is 11.8 Å². The van der Waals surface area contributed by atoms with E-state index in [9.17, 15) is 4.79 Å². The third-order valence-electron chi connectivity index (χ3n) is 5.35. The van der Waals surface area contributed by atoms with Crippen molar-refractivity contribution in [3.8, 4) is 16.9 Å². The van der Waals surface area contributed by atoms with Gasteiger partial charge >= 0.3 is 5.69 Å². The monoisotopic (exact) mass is 433 g/mol. The van der Waals surface area contributed by atoms with E-state index in [0.717, 1.165) is 42.0 Å². The molecular weight excluding hydrogens is 410 g/mol. The van der Waals surface area contributed by atoms with Crippen molar-refractivity contribution < 1.29 is 4.74 Å². The summed E-state index contributed by atoms with van der Waals surface area (Å²) in [7, 11) is 0. The second kappa shape index (κ2) is 8.95. The van der Waals surface area contributed by atoms with Crippen LogP contribution < -0.4 is 5.69 Å². The molecule has 1 atom stereocenters. The molecule has 1 N–H and O–H groups in total. The van der Waals surface area contributed by atoms with Crippen molar-refractivity contribution in [1.29, 1.82) is 0 Å². The van der Waals surface area contributed by atoms with Crippen LogP contribution in [0.2, 0.25) is 0 Å². The minimum absolute atomic E-state index is 0.0790. The van der Waals surface area contributed by atoms with Gasteiger partial charge in [-0.1, -0.05) is 60.3 Å². The van der Waals surface area contributed by atoms with Gasteiger partial charge in [0.05, 0.1) is 24.0 Å². The Bertz CT molecular complexity index is 1190. The van der Waals surface area contributed by atoms with E-state index in [1.807, 2.05) is 53.2 Å². The van der Waals surface area contributed by atoms with Crippen LogP contribution in [-0.4, -0.2) is 37.3 Å². The number of aromatic nitrogens is 5. The molecular formula is C23H23N5O2S. The van der Waals surface area contributed by atoms with Crippen LogP contribution in [0.1, 0.15) is 18.4 Å². The van der Waals surface area contributed by atoms with E-state index in [2.05, 4.69) is 28.5 Å². The van der Waals surface area contributed by atoms with Crippen molar-refractivity contribution in [2.75, 3.05) is 6.61 Å². The minimum Gasteiger partial charge on any atom is -0.376 e. The second-order valence-electron chi connectivity index (χ2n) is 7.49. The van der Waals surface area contributed by atoms with Crippen LogP contribution in [0.5, 0.6) is 0 Å². The lowest BCUT2D eigenvalue weighted by molar-refractivity contribution is 0.0941. The maximum absolute atomic E-state index is 12.3. The van der Waals surface area contributed by atoms with Gasteiger partial charge in [-0.25, -0.2) is 14.6 Å². The molecule has 0 amide bonds. The zero-order valence-corrected chi connectivity index (χ0v) is 17.8. The van der Waals surface area contributed by atoms with Crippen LogP contribution in [0.4, 0.5) is 0 Å². The second-order valence-corrected chi connectivity index (χ2v) is 8.44. The summed E-state index contributed by atoms with van der Waals surface area (Å²) in [6.45, 7) is 1.30. The molecule has 1 fully saturated rings. The fraction of sp³-hybridized carbons (Fsp3) is 0.261. The largest absolute Gasteiger partial charge is 0.376 e. The van der Waals surface area contributed by atoms with E-state index in [0.29, 0.717) is 17.5 Å². The Morgan fingerprint density at radius 2 is 1.87 bits per heavy atom. The molecule has 31 heavy (non-hydrogen) atoms. The molecule has 0 saturated carbocycles. The van der Waals surface area contributed by atoms with E-state index in [-0.39, 0.29) is 11.8 Å². The molecule has 1 unspecified atom stereocenters. The van der Waals surface area contributed by atoms with E-state index < -0.39 is 0 Å². The summed E-state index contributed by atoms with van der Waals surface area (Å²) in [5.41, 5.74) is 3.89. The maximum Gasteiger partial charge on any atom is 0.344 e. The van der Waals surface area contributed by atoms with Crippen LogP contribution in [0, 0.1) is 0 Å². The summed E-state index contributed by atoms with van der Waals surface area (Å²) in [6, 6.07) is 20.2. The van der Waals surface area contributed by atoms with Crippen molar-refractivity contribution in [3.63, 3.8) is 0 Å². The maximum atomic E-state index is 12.3. The van der Waals surface area contributed by atoms with Gasteiger partial charge in [0.15, 0.2) is 5.16 Å². The topological polar surface area (TPSA) is 77.7 Å². The number of hydrogen-bond acceptors (Lipinski definition) is 5. The molecule has 158 valence electrons. The Labute approximate surface area is 184 Å². The number of ether oxygens (including phenoxy) is 1. The predicted octanol–water partition coefficient (Wildman–Crippen LogP) is 3.90. The van der Waals surface area contributed by atoms with E-state index in [4.69, 9.17) is 9.84 Å². The minimum atomic E-state index is -0.193. The first-order valence-corrected chi connectivity index (χ1v) is 11.4. The number of hydrogen-bond donors (Lipinski definition) is 1. The van der Waals surface area contributed by atoms with Crippen LogP contribution in [0.3, 0.4) is 0 Å². The summed E-state index contributed by atoms with van der Waals surface area (Å²) in [4.78, 5) is 12.3. The third-order valence-corrected chi connectivity index (χ3v) is 6.37. The number of benzene rings is 2. The van der Waals surface area contributed by atoms with Gasteiger partial charge in [-0.3, -0.25) is 4.57 Å². The van der Waals surface area contributed by atoms with Crippen LogP contribution in [0.25, 0.3) is 16.9 Å². The molecule has 8 heteroatoms. The van der Waals surface area contributed by atoms with Gasteiger partial charge in [0, 0.05) is 29.7 Å². The Morgan fingerprint density at radius 3 is 2.61 bits per heavy atom. The number of rotatable bonds is 7. The Balaban J connectivity index is 1.43. The molecule has 0 spiro atoms. The first kappa shape index (κ1) is 19.8. The number of para-hydroxylation sites is 1. The molecule has 3 heterocycles. The molecule has 1 saturated heterocycles. The van der Waals surface area contributed by atoms with Gasteiger partial charge in [-0.2, -0.15) is 5.10 Å². The van der Waals surface area contributed by atoms with Gasteiger partial charge in [-0.05, 0) is 25.0 Å². The van der Waals surface area contributed by atoms with Crippen molar-refractivity contribution in [1.82, 2.24) is 24.5 Å². The first-order chi connectivity index (χ1) is 15.3. The van der Waals surface area contributed by atoms with Crippen molar-refractivity contribution in [3.05, 3.63) is 82.9 Å². The van der Waals surface area contributed by atoms with E-state index in [1.165, 1.54) is 11.8 Å². The molecule has 0 radical (unpaired) electrons. The van der Waals surface area contributed by atoms with Gasteiger partial charge in [0.1, 0.15) is 0 Å². The number of nitrogens with one attached hydrogen (secondary N) is 1. The number of nitrogens with zero attached hydrogens (tertiary/aromatic N) is 4. The fourth-order valence-electron chi connectivity index (χ4n) is 3.78. The molecule has 5 rings (SSSR count). The molecule has 1 aliphatic heterocycles. The summed E-state index contributed by atoms with van der Waals surface area (Å²) in [5.74, 6) is 0.646. The van der Waals surface area contributed by atoms with Crippen LogP contribution in [-0.2, 0) is 17.0 Å². The van der Waals surface area contributed by atoms with Crippen LogP contribution >= 0.6 is 11.8 Å². The standard InChI is InChI=1S/C23H23N5O2S/c29-22-24-25-23(27(22)15-20-12-7-13-30-20)31-16-18-14-28(19-10-5-2-6-11-19)26-21(18)17-8-3-1-4-9-17/h1-6,8-11,14,20H,7,12-13,15-16H2,(H,24,29). The zero-order valence-electron chi connectivity index (χ0n) is 17.0. The Hall–Kier alpha value is -3.10. The lowest BCUT2D eigenvalue weighted by atomic mass is 10.1.